The number of carbonyl (C=O) groups excluding carboxylic acids is 1. The first-order valence-corrected chi connectivity index (χ1v) is 7.11. The lowest BCUT2D eigenvalue weighted by atomic mass is 10.0. The van der Waals surface area contributed by atoms with E-state index in [2.05, 4.69) is 10.4 Å². The first-order valence-electron chi connectivity index (χ1n) is 7.11. The van der Waals surface area contributed by atoms with Crippen molar-refractivity contribution in [1.29, 1.82) is 0 Å². The molecule has 0 saturated heterocycles. The Balaban J connectivity index is 2.24. The molecule has 1 atom stereocenters. The highest BCUT2D eigenvalue weighted by Crippen LogP contribution is 2.14. The third kappa shape index (κ3) is 3.72. The van der Waals surface area contributed by atoms with Crippen LogP contribution in [0.15, 0.2) is 42.7 Å². The highest BCUT2D eigenvalue weighted by molar-refractivity contribution is 5.99. The predicted octanol–water partition coefficient (Wildman–Crippen LogP) is 2.10. The van der Waals surface area contributed by atoms with E-state index in [1.54, 1.807) is 47.4 Å². The van der Waals surface area contributed by atoms with Crippen molar-refractivity contribution >= 4 is 11.9 Å². The summed E-state index contributed by atoms with van der Waals surface area (Å²) in [5, 5.41) is 15.9. The van der Waals surface area contributed by atoms with Gasteiger partial charge in [-0.2, -0.15) is 5.10 Å². The fourth-order valence-electron chi connectivity index (χ4n) is 2.21. The summed E-state index contributed by atoms with van der Waals surface area (Å²) in [7, 11) is 0. The van der Waals surface area contributed by atoms with Gasteiger partial charge in [0.1, 0.15) is 6.04 Å². The van der Waals surface area contributed by atoms with Crippen LogP contribution in [0.4, 0.5) is 0 Å². The molecule has 22 heavy (non-hydrogen) atoms. The number of nitrogens with one attached hydrogen (secondary N) is 1. The number of nitrogens with zero attached hydrogens (tertiary/aromatic N) is 2. The van der Waals surface area contributed by atoms with E-state index in [1.165, 1.54) is 0 Å². The predicted molar refractivity (Wildman–Crippen MR) is 81.9 cm³/mol. The number of benzene rings is 1. The Morgan fingerprint density at radius 3 is 2.59 bits per heavy atom. The first-order chi connectivity index (χ1) is 10.5. The van der Waals surface area contributed by atoms with Gasteiger partial charge in [0.15, 0.2) is 0 Å². The number of hydrogen-bond acceptors (Lipinski definition) is 3. The summed E-state index contributed by atoms with van der Waals surface area (Å²) in [5.41, 5.74) is 1.000. The maximum atomic E-state index is 12.4. The Morgan fingerprint density at radius 1 is 1.27 bits per heavy atom. The van der Waals surface area contributed by atoms with Gasteiger partial charge < -0.3 is 10.4 Å². The number of hydrogen-bond donors (Lipinski definition) is 2. The largest absolute Gasteiger partial charge is 0.480 e. The molecule has 6 heteroatoms. The van der Waals surface area contributed by atoms with Crippen LogP contribution in [0.25, 0.3) is 5.69 Å². The van der Waals surface area contributed by atoms with Gasteiger partial charge >= 0.3 is 5.97 Å². The van der Waals surface area contributed by atoms with Gasteiger partial charge in [0.05, 0.1) is 11.3 Å². The molecular formula is C16H19N3O3. The molecule has 1 heterocycles. The van der Waals surface area contributed by atoms with Gasteiger partial charge in [0, 0.05) is 12.4 Å². The molecule has 1 aromatic heterocycles. The molecule has 1 aromatic carbocycles. The molecule has 116 valence electrons. The first kappa shape index (κ1) is 15.8. The molecular weight excluding hydrogens is 282 g/mol. The van der Waals surface area contributed by atoms with Crippen LogP contribution in [-0.4, -0.2) is 32.8 Å². The summed E-state index contributed by atoms with van der Waals surface area (Å²) in [6.45, 7) is 3.83. The minimum absolute atomic E-state index is 0.169. The number of aliphatic carboxylic acids is 1. The van der Waals surface area contributed by atoms with Gasteiger partial charge in [-0.25, -0.2) is 9.48 Å². The van der Waals surface area contributed by atoms with E-state index in [9.17, 15) is 14.7 Å². The molecule has 6 nitrogen and oxygen atoms in total. The van der Waals surface area contributed by atoms with Crippen molar-refractivity contribution in [3.05, 3.63) is 48.3 Å². The lowest BCUT2D eigenvalue weighted by Crippen LogP contribution is -2.41. The Bertz CT molecular complexity index is 650. The second-order valence-corrected chi connectivity index (χ2v) is 5.46. The van der Waals surface area contributed by atoms with E-state index in [4.69, 9.17) is 0 Å². The number of para-hydroxylation sites is 1. The molecule has 0 radical (unpaired) electrons. The quantitative estimate of drug-likeness (QED) is 0.855. The molecule has 0 bridgehead atoms. The molecule has 0 aliphatic rings. The van der Waals surface area contributed by atoms with E-state index in [-0.39, 0.29) is 5.92 Å². The fraction of sp³-hybridized carbons (Fsp3) is 0.312. The van der Waals surface area contributed by atoms with Crippen molar-refractivity contribution in [2.75, 3.05) is 0 Å². The molecule has 0 saturated carbocycles. The summed E-state index contributed by atoms with van der Waals surface area (Å²) in [4.78, 5) is 23.7. The highest BCUT2D eigenvalue weighted by atomic mass is 16.4. The van der Waals surface area contributed by atoms with E-state index in [1.807, 2.05) is 13.8 Å². The average Bonchev–Trinajstić information content (AvgIpc) is 3.00. The summed E-state index contributed by atoms with van der Waals surface area (Å²) < 4.78 is 1.58. The van der Waals surface area contributed by atoms with Crippen molar-refractivity contribution < 1.29 is 14.7 Å². The molecule has 1 amide bonds. The van der Waals surface area contributed by atoms with Crippen LogP contribution in [0.1, 0.15) is 30.6 Å². The lowest BCUT2D eigenvalue weighted by molar-refractivity contribution is -0.139. The van der Waals surface area contributed by atoms with Gasteiger partial charge in [-0.05, 0) is 30.5 Å². The van der Waals surface area contributed by atoms with Crippen molar-refractivity contribution in [2.45, 2.75) is 26.3 Å². The van der Waals surface area contributed by atoms with Crippen LogP contribution in [0.3, 0.4) is 0 Å². The Labute approximate surface area is 128 Å². The summed E-state index contributed by atoms with van der Waals surface area (Å²) in [6.07, 6.45) is 3.73. The van der Waals surface area contributed by atoms with Gasteiger partial charge in [-0.3, -0.25) is 4.79 Å². The zero-order chi connectivity index (χ0) is 16.1. The van der Waals surface area contributed by atoms with Crippen molar-refractivity contribution in [1.82, 2.24) is 15.1 Å². The number of carbonyl (C=O) groups is 2. The maximum Gasteiger partial charge on any atom is 0.326 e. The van der Waals surface area contributed by atoms with Gasteiger partial charge in [0.2, 0.25) is 0 Å². The van der Waals surface area contributed by atoms with Crippen LogP contribution < -0.4 is 5.32 Å². The van der Waals surface area contributed by atoms with Crippen molar-refractivity contribution in [3.63, 3.8) is 0 Å². The van der Waals surface area contributed by atoms with Crippen LogP contribution in [0.5, 0.6) is 0 Å². The number of aromatic nitrogens is 2. The Kier molecular flexibility index (Phi) is 4.93. The minimum atomic E-state index is -1.03. The topological polar surface area (TPSA) is 84.2 Å². The average molecular weight is 301 g/mol. The molecule has 2 aromatic rings. The Hall–Kier alpha value is -2.63. The molecule has 2 N–H and O–H groups in total. The van der Waals surface area contributed by atoms with Crippen LogP contribution in [-0.2, 0) is 4.79 Å². The van der Waals surface area contributed by atoms with Crippen molar-refractivity contribution in [3.8, 4) is 5.69 Å². The van der Waals surface area contributed by atoms with Crippen LogP contribution >= 0.6 is 0 Å². The van der Waals surface area contributed by atoms with Crippen LogP contribution in [0.2, 0.25) is 0 Å². The maximum absolute atomic E-state index is 12.4. The molecule has 0 aliphatic carbocycles. The van der Waals surface area contributed by atoms with E-state index < -0.39 is 17.9 Å². The molecule has 0 spiro atoms. The van der Waals surface area contributed by atoms with E-state index in [0.29, 0.717) is 17.7 Å². The van der Waals surface area contributed by atoms with Crippen LogP contribution in [0, 0.1) is 5.92 Å². The molecule has 2 rings (SSSR count). The smallest absolute Gasteiger partial charge is 0.326 e. The van der Waals surface area contributed by atoms with E-state index >= 15 is 0 Å². The van der Waals surface area contributed by atoms with Gasteiger partial charge in [-0.1, -0.05) is 26.0 Å². The minimum Gasteiger partial charge on any atom is -0.480 e. The van der Waals surface area contributed by atoms with Gasteiger partial charge in [-0.15, -0.1) is 0 Å². The van der Waals surface area contributed by atoms with Crippen molar-refractivity contribution in [2.24, 2.45) is 5.92 Å². The van der Waals surface area contributed by atoms with Gasteiger partial charge in [0.25, 0.3) is 5.91 Å². The molecule has 0 unspecified atom stereocenters. The zero-order valence-corrected chi connectivity index (χ0v) is 12.6. The highest BCUT2D eigenvalue weighted by Gasteiger charge is 2.23. The van der Waals surface area contributed by atoms with E-state index in [0.717, 1.165) is 0 Å². The zero-order valence-electron chi connectivity index (χ0n) is 12.6. The third-order valence-electron chi connectivity index (χ3n) is 3.21. The summed E-state index contributed by atoms with van der Waals surface area (Å²) in [5.74, 6) is -1.28. The Morgan fingerprint density at radius 2 is 2.00 bits per heavy atom. The summed E-state index contributed by atoms with van der Waals surface area (Å²) >= 11 is 0. The second kappa shape index (κ2) is 6.89. The third-order valence-corrected chi connectivity index (χ3v) is 3.21. The second-order valence-electron chi connectivity index (χ2n) is 5.46. The number of carboxylic acids is 1. The summed E-state index contributed by atoms with van der Waals surface area (Å²) in [6, 6.07) is 7.81. The SMILES string of the molecule is CC(C)C[C@@H](NC(=O)c1ccccc1-n1cccn1)C(=O)O. The molecule has 0 fully saturated rings. The number of amides is 1. The molecule has 0 aliphatic heterocycles. The standard InChI is InChI=1S/C16H19N3O3/c1-11(2)10-13(16(21)22)18-15(20)12-6-3-4-7-14(12)19-9-5-8-17-19/h3-9,11,13H,10H2,1-2H3,(H,18,20)(H,21,22)/t13-/m1/s1. The lowest BCUT2D eigenvalue weighted by Gasteiger charge is -2.17. The number of rotatable bonds is 6. The fourth-order valence-corrected chi connectivity index (χ4v) is 2.21. The normalized spacial score (nSPS) is 12.1. The number of carboxylic acid groups (broad SMARTS) is 1. The monoisotopic (exact) mass is 301 g/mol.